The molecule has 1 heterocycles. The molecule has 1 aliphatic rings. The van der Waals surface area contributed by atoms with E-state index in [2.05, 4.69) is 0 Å². The molecule has 1 saturated heterocycles. The Morgan fingerprint density at radius 1 is 1.40 bits per heavy atom. The topological polar surface area (TPSA) is 44.8 Å². The predicted molar refractivity (Wildman–Crippen MR) is 55.3 cm³/mol. The first-order chi connectivity index (χ1) is 7.27. The van der Waals surface area contributed by atoms with Gasteiger partial charge in [0.2, 0.25) is 0 Å². The number of carbonyl (C=O) groups excluding carboxylic acids is 1. The van der Waals surface area contributed by atoms with Crippen molar-refractivity contribution in [1.82, 2.24) is 0 Å². The van der Waals surface area contributed by atoms with Crippen molar-refractivity contribution in [3.63, 3.8) is 0 Å². The molecule has 0 aromatic rings. The van der Waals surface area contributed by atoms with E-state index >= 15 is 0 Å². The molecule has 88 valence electrons. The molecule has 0 unspecified atom stereocenters. The van der Waals surface area contributed by atoms with Gasteiger partial charge in [-0.2, -0.15) is 0 Å². The average molecular weight is 216 g/mol. The van der Waals surface area contributed by atoms with Crippen LogP contribution in [0.3, 0.4) is 0 Å². The first-order valence-electron chi connectivity index (χ1n) is 5.66. The summed E-state index contributed by atoms with van der Waals surface area (Å²) in [5, 5.41) is 0. The van der Waals surface area contributed by atoms with Gasteiger partial charge in [-0.15, -0.1) is 0 Å². The highest BCUT2D eigenvalue weighted by Crippen LogP contribution is 2.25. The SMILES string of the molecule is CCOC(=O)C[C@@H]1CCCO[C@@H]1OCC. The van der Waals surface area contributed by atoms with E-state index in [4.69, 9.17) is 14.2 Å². The van der Waals surface area contributed by atoms with Crippen LogP contribution in [0.15, 0.2) is 0 Å². The van der Waals surface area contributed by atoms with E-state index in [0.717, 1.165) is 19.4 Å². The van der Waals surface area contributed by atoms with Crippen molar-refractivity contribution in [2.45, 2.75) is 39.4 Å². The summed E-state index contributed by atoms with van der Waals surface area (Å²) in [6.45, 7) is 5.52. The molecule has 0 saturated carbocycles. The van der Waals surface area contributed by atoms with E-state index in [-0.39, 0.29) is 18.2 Å². The van der Waals surface area contributed by atoms with Gasteiger partial charge in [0.15, 0.2) is 6.29 Å². The lowest BCUT2D eigenvalue weighted by atomic mass is 9.97. The van der Waals surface area contributed by atoms with Crippen molar-refractivity contribution in [1.29, 1.82) is 0 Å². The van der Waals surface area contributed by atoms with Gasteiger partial charge in [0.05, 0.1) is 13.0 Å². The first-order valence-corrected chi connectivity index (χ1v) is 5.66. The fraction of sp³-hybridized carbons (Fsp3) is 0.909. The summed E-state index contributed by atoms with van der Waals surface area (Å²) in [6.07, 6.45) is 2.14. The second-order valence-corrected chi connectivity index (χ2v) is 3.61. The third-order valence-electron chi connectivity index (χ3n) is 2.45. The van der Waals surface area contributed by atoms with Crippen LogP contribution in [0.5, 0.6) is 0 Å². The molecule has 4 heteroatoms. The predicted octanol–water partition coefficient (Wildman–Crippen LogP) is 1.73. The monoisotopic (exact) mass is 216 g/mol. The van der Waals surface area contributed by atoms with Gasteiger partial charge in [0, 0.05) is 19.1 Å². The summed E-state index contributed by atoms with van der Waals surface area (Å²) >= 11 is 0. The Morgan fingerprint density at radius 3 is 2.87 bits per heavy atom. The van der Waals surface area contributed by atoms with E-state index in [1.165, 1.54) is 0 Å². The molecule has 0 aromatic heterocycles. The largest absolute Gasteiger partial charge is 0.466 e. The van der Waals surface area contributed by atoms with E-state index in [1.54, 1.807) is 0 Å². The smallest absolute Gasteiger partial charge is 0.306 e. The maximum atomic E-state index is 11.3. The standard InChI is InChI=1S/C11H20O4/c1-3-13-10(12)8-9-6-5-7-15-11(9)14-4-2/h9,11H,3-8H2,1-2H3/t9-,11-/m0/s1. The highest BCUT2D eigenvalue weighted by atomic mass is 16.7. The van der Waals surface area contributed by atoms with Crippen molar-refractivity contribution in [2.24, 2.45) is 5.92 Å². The van der Waals surface area contributed by atoms with Crippen molar-refractivity contribution in [3.8, 4) is 0 Å². The van der Waals surface area contributed by atoms with Gasteiger partial charge >= 0.3 is 5.97 Å². The van der Waals surface area contributed by atoms with Crippen molar-refractivity contribution < 1.29 is 19.0 Å². The molecule has 2 atom stereocenters. The van der Waals surface area contributed by atoms with E-state index in [1.807, 2.05) is 13.8 Å². The zero-order valence-corrected chi connectivity index (χ0v) is 9.53. The normalized spacial score (nSPS) is 26.3. The Labute approximate surface area is 90.9 Å². The van der Waals surface area contributed by atoms with Crippen LogP contribution >= 0.6 is 0 Å². The molecule has 4 nitrogen and oxygen atoms in total. The summed E-state index contributed by atoms with van der Waals surface area (Å²) in [5.41, 5.74) is 0. The van der Waals surface area contributed by atoms with Crippen molar-refractivity contribution in [3.05, 3.63) is 0 Å². The highest BCUT2D eigenvalue weighted by molar-refractivity contribution is 5.69. The van der Waals surface area contributed by atoms with Gasteiger partial charge < -0.3 is 14.2 Å². The number of rotatable bonds is 5. The average Bonchev–Trinajstić information content (AvgIpc) is 2.21. The number of hydrogen-bond acceptors (Lipinski definition) is 4. The fourth-order valence-corrected chi connectivity index (χ4v) is 1.80. The Morgan fingerprint density at radius 2 is 2.20 bits per heavy atom. The van der Waals surface area contributed by atoms with Gasteiger partial charge in [-0.1, -0.05) is 0 Å². The van der Waals surface area contributed by atoms with E-state index in [9.17, 15) is 4.79 Å². The number of ether oxygens (including phenoxy) is 3. The van der Waals surface area contributed by atoms with Gasteiger partial charge in [-0.05, 0) is 26.7 Å². The zero-order chi connectivity index (χ0) is 11.1. The Hall–Kier alpha value is -0.610. The third-order valence-corrected chi connectivity index (χ3v) is 2.45. The Balaban J connectivity index is 2.38. The number of carbonyl (C=O) groups is 1. The van der Waals surface area contributed by atoms with Crippen molar-refractivity contribution >= 4 is 5.97 Å². The molecule has 1 aliphatic heterocycles. The van der Waals surface area contributed by atoms with Crippen LogP contribution in [0.2, 0.25) is 0 Å². The third kappa shape index (κ3) is 4.18. The van der Waals surface area contributed by atoms with Crippen LogP contribution in [0.1, 0.15) is 33.1 Å². The Kier molecular flexibility index (Phi) is 5.65. The molecule has 1 fully saturated rings. The zero-order valence-electron chi connectivity index (χ0n) is 9.53. The van der Waals surface area contributed by atoms with Gasteiger partial charge in [-0.3, -0.25) is 4.79 Å². The summed E-state index contributed by atoms with van der Waals surface area (Å²) in [4.78, 5) is 11.3. The number of hydrogen-bond donors (Lipinski definition) is 0. The molecule has 0 amide bonds. The van der Waals surface area contributed by atoms with Crippen LogP contribution in [0, 0.1) is 5.92 Å². The lowest BCUT2D eigenvalue weighted by Gasteiger charge is -2.30. The minimum absolute atomic E-state index is 0.151. The summed E-state index contributed by atoms with van der Waals surface area (Å²) in [6, 6.07) is 0. The van der Waals surface area contributed by atoms with Gasteiger partial charge in [0.25, 0.3) is 0 Å². The second kappa shape index (κ2) is 6.80. The van der Waals surface area contributed by atoms with Crippen LogP contribution < -0.4 is 0 Å². The Bertz CT molecular complexity index is 191. The molecular formula is C11H20O4. The van der Waals surface area contributed by atoms with Crippen LogP contribution in [0.25, 0.3) is 0 Å². The van der Waals surface area contributed by atoms with Crippen LogP contribution in [-0.4, -0.2) is 32.1 Å². The molecule has 1 rings (SSSR count). The van der Waals surface area contributed by atoms with Crippen LogP contribution in [0.4, 0.5) is 0 Å². The van der Waals surface area contributed by atoms with E-state index in [0.29, 0.717) is 19.6 Å². The van der Waals surface area contributed by atoms with Gasteiger partial charge in [0.1, 0.15) is 0 Å². The second-order valence-electron chi connectivity index (χ2n) is 3.61. The number of esters is 1. The quantitative estimate of drug-likeness (QED) is 0.656. The molecule has 0 bridgehead atoms. The minimum Gasteiger partial charge on any atom is -0.466 e. The molecular weight excluding hydrogens is 196 g/mol. The van der Waals surface area contributed by atoms with E-state index < -0.39 is 0 Å². The summed E-state index contributed by atoms with van der Waals surface area (Å²) in [7, 11) is 0. The highest BCUT2D eigenvalue weighted by Gasteiger charge is 2.28. The molecule has 0 N–H and O–H groups in total. The van der Waals surface area contributed by atoms with Gasteiger partial charge in [-0.25, -0.2) is 0 Å². The lowest BCUT2D eigenvalue weighted by Crippen LogP contribution is -2.33. The fourth-order valence-electron chi connectivity index (χ4n) is 1.80. The maximum absolute atomic E-state index is 11.3. The summed E-state index contributed by atoms with van der Waals surface area (Å²) < 4.78 is 15.8. The molecule has 0 aliphatic carbocycles. The maximum Gasteiger partial charge on any atom is 0.306 e. The first kappa shape index (κ1) is 12.5. The minimum atomic E-state index is -0.229. The summed E-state index contributed by atoms with van der Waals surface area (Å²) in [5.74, 6) is -0.00421. The molecule has 15 heavy (non-hydrogen) atoms. The van der Waals surface area contributed by atoms with Crippen LogP contribution in [-0.2, 0) is 19.0 Å². The lowest BCUT2D eigenvalue weighted by molar-refractivity contribution is -0.195. The molecule has 0 spiro atoms. The molecule has 0 aromatic carbocycles. The molecule has 0 radical (unpaired) electrons. The van der Waals surface area contributed by atoms with Crippen molar-refractivity contribution in [2.75, 3.05) is 19.8 Å².